The third kappa shape index (κ3) is 9.04. The summed E-state index contributed by atoms with van der Waals surface area (Å²) in [5.74, 6) is 1.76. The molecule has 0 aliphatic carbocycles. The summed E-state index contributed by atoms with van der Waals surface area (Å²) in [6.45, 7) is 11.6. The standard InChI is InChI=1S/C40H49BrN4O5SSi/c1-40(2,3)52(34-11-7-5-8-12-34,35-13-9-6-10-14-35)50-25-23-48-21-20-47-22-24-49-33-17-15-30(16-18-33)31-27-32(29-44(4)28-31)42-37-36(41)38(46)45-19-26-51-39(45)43-37/h5-19,26,31-32,42H,20-25,27-29H2,1-4H3/t31-,32+/m0/s1. The molecule has 12 heteroatoms. The van der Waals surface area contributed by atoms with Gasteiger partial charge in [-0.25, -0.2) is 4.98 Å². The maximum Gasteiger partial charge on any atom is 0.275 e. The number of hydrogen-bond donors (Lipinski definition) is 1. The van der Waals surface area contributed by atoms with Gasteiger partial charge in [-0.3, -0.25) is 9.20 Å². The van der Waals surface area contributed by atoms with E-state index in [9.17, 15) is 4.79 Å². The molecule has 52 heavy (non-hydrogen) atoms. The largest absolute Gasteiger partial charge is 0.491 e. The number of hydrogen-bond acceptors (Lipinski definition) is 9. The van der Waals surface area contributed by atoms with Gasteiger partial charge in [-0.2, -0.15) is 0 Å². The van der Waals surface area contributed by atoms with Crippen LogP contribution < -0.4 is 26.0 Å². The lowest BCUT2D eigenvalue weighted by Gasteiger charge is -2.43. The lowest BCUT2D eigenvalue weighted by atomic mass is 9.88. The summed E-state index contributed by atoms with van der Waals surface area (Å²) in [5, 5.41) is 7.88. The van der Waals surface area contributed by atoms with Gasteiger partial charge in [0.1, 0.15) is 22.6 Å². The van der Waals surface area contributed by atoms with Crippen LogP contribution in [0.4, 0.5) is 5.82 Å². The number of halogens is 1. The van der Waals surface area contributed by atoms with E-state index in [1.54, 1.807) is 10.6 Å². The quantitative estimate of drug-likeness (QED) is 0.0906. The van der Waals surface area contributed by atoms with Gasteiger partial charge in [0.2, 0.25) is 0 Å². The molecule has 0 bridgehead atoms. The van der Waals surface area contributed by atoms with E-state index in [-0.39, 0.29) is 16.6 Å². The van der Waals surface area contributed by atoms with Gasteiger partial charge in [0, 0.05) is 30.7 Å². The minimum absolute atomic E-state index is 0.0632. The van der Waals surface area contributed by atoms with Crippen molar-refractivity contribution in [3.63, 3.8) is 0 Å². The normalized spacial score (nSPS) is 17.0. The number of piperidine rings is 1. The van der Waals surface area contributed by atoms with Crippen molar-refractivity contribution in [2.24, 2.45) is 0 Å². The van der Waals surface area contributed by atoms with E-state index >= 15 is 0 Å². The van der Waals surface area contributed by atoms with Crippen LogP contribution in [-0.2, 0) is 13.9 Å². The molecule has 276 valence electrons. The van der Waals surface area contributed by atoms with E-state index < -0.39 is 8.32 Å². The molecule has 0 spiro atoms. The zero-order chi connectivity index (χ0) is 36.6. The number of fused-ring (bicyclic) bond motifs is 1. The smallest absolute Gasteiger partial charge is 0.275 e. The fourth-order valence-corrected chi connectivity index (χ4v) is 12.9. The summed E-state index contributed by atoms with van der Waals surface area (Å²) in [7, 11) is -0.425. The number of aromatic nitrogens is 2. The molecule has 1 N–H and O–H groups in total. The number of nitrogens with zero attached hydrogens (tertiary/aromatic N) is 3. The second kappa shape index (κ2) is 17.6. The Morgan fingerprint density at radius 1 is 0.865 bits per heavy atom. The Morgan fingerprint density at radius 2 is 1.48 bits per heavy atom. The van der Waals surface area contributed by atoms with Gasteiger partial charge in [-0.1, -0.05) is 93.6 Å². The minimum Gasteiger partial charge on any atom is -0.491 e. The highest BCUT2D eigenvalue weighted by Gasteiger charge is 2.50. The number of likely N-dealkylation sites (N-methyl/N-ethyl adjacent to an activating group) is 1. The minimum atomic E-state index is -2.56. The molecule has 1 aliphatic heterocycles. The second-order valence-corrected chi connectivity index (χ2v) is 20.3. The maximum absolute atomic E-state index is 12.7. The van der Waals surface area contributed by atoms with Crippen molar-refractivity contribution < 1.29 is 18.6 Å². The molecule has 3 heterocycles. The van der Waals surface area contributed by atoms with Crippen LogP contribution in [0.1, 0.15) is 38.7 Å². The van der Waals surface area contributed by atoms with Crippen LogP contribution in [0.15, 0.2) is 106 Å². The average molecular weight is 806 g/mol. The fraction of sp³-hybridized carbons (Fsp3) is 0.400. The predicted octanol–water partition coefficient (Wildman–Crippen LogP) is 6.41. The molecular weight excluding hydrogens is 757 g/mol. The van der Waals surface area contributed by atoms with Crippen LogP contribution in [0.5, 0.6) is 5.75 Å². The van der Waals surface area contributed by atoms with E-state index in [0.29, 0.717) is 60.8 Å². The summed E-state index contributed by atoms with van der Waals surface area (Å²) in [4.78, 5) is 20.4. The molecule has 0 unspecified atom stereocenters. The van der Waals surface area contributed by atoms with Crippen molar-refractivity contribution >= 4 is 56.7 Å². The zero-order valence-corrected chi connectivity index (χ0v) is 33.8. The summed E-state index contributed by atoms with van der Waals surface area (Å²) in [6.07, 6.45) is 2.68. The first kappa shape index (κ1) is 38.4. The van der Waals surface area contributed by atoms with Crippen molar-refractivity contribution in [2.45, 2.75) is 44.2 Å². The summed E-state index contributed by atoms with van der Waals surface area (Å²) in [5.41, 5.74) is 1.16. The average Bonchev–Trinajstić information content (AvgIpc) is 3.62. The Bertz CT molecular complexity index is 1880. The Hall–Kier alpha value is -3.36. The highest BCUT2D eigenvalue weighted by molar-refractivity contribution is 9.10. The van der Waals surface area contributed by atoms with Gasteiger partial charge in [0.05, 0.1) is 33.0 Å². The van der Waals surface area contributed by atoms with Crippen LogP contribution in [0.3, 0.4) is 0 Å². The van der Waals surface area contributed by atoms with Crippen LogP contribution in [0.2, 0.25) is 5.04 Å². The van der Waals surface area contributed by atoms with Gasteiger partial charge in [0.15, 0.2) is 4.96 Å². The molecule has 6 rings (SSSR count). The van der Waals surface area contributed by atoms with Gasteiger partial charge in [0.25, 0.3) is 13.9 Å². The fourth-order valence-electron chi connectivity index (χ4n) is 7.21. The van der Waals surface area contributed by atoms with E-state index in [4.69, 9.17) is 18.6 Å². The van der Waals surface area contributed by atoms with Gasteiger partial charge in [-0.05, 0) is 68.4 Å². The van der Waals surface area contributed by atoms with Crippen molar-refractivity contribution in [1.29, 1.82) is 0 Å². The molecule has 3 aromatic carbocycles. The molecule has 0 saturated carbocycles. The maximum atomic E-state index is 12.7. The number of anilines is 1. The van der Waals surface area contributed by atoms with E-state index in [0.717, 1.165) is 25.3 Å². The lowest BCUT2D eigenvalue weighted by molar-refractivity contribution is 0.0264. The highest BCUT2D eigenvalue weighted by atomic mass is 79.9. The SMILES string of the molecule is CN1C[C@H](Nc2nc3sccn3c(=O)c2Br)C[C@H](c2ccc(OCCOCCOCCO[Si](c3ccccc3)(c3ccccc3)C(C)(C)C)cc2)C1. The third-order valence-corrected chi connectivity index (χ3v) is 16.1. The Morgan fingerprint density at radius 3 is 2.12 bits per heavy atom. The molecule has 2 aromatic heterocycles. The van der Waals surface area contributed by atoms with E-state index in [1.165, 1.54) is 27.3 Å². The molecule has 0 amide bonds. The first-order valence-electron chi connectivity index (χ1n) is 17.9. The molecule has 1 aliphatic rings. The number of ether oxygens (including phenoxy) is 3. The number of benzene rings is 3. The van der Waals surface area contributed by atoms with Crippen LogP contribution >= 0.6 is 27.3 Å². The first-order chi connectivity index (χ1) is 25.2. The van der Waals surface area contributed by atoms with Crippen molar-refractivity contribution in [3.05, 3.63) is 117 Å². The zero-order valence-electron chi connectivity index (χ0n) is 30.4. The van der Waals surface area contributed by atoms with Crippen molar-refractivity contribution in [2.75, 3.05) is 65.1 Å². The third-order valence-electron chi connectivity index (χ3n) is 9.57. The van der Waals surface area contributed by atoms with Gasteiger partial charge >= 0.3 is 0 Å². The van der Waals surface area contributed by atoms with Gasteiger partial charge < -0.3 is 28.9 Å². The Kier molecular flexibility index (Phi) is 13.0. The number of nitrogens with one attached hydrogen (secondary N) is 1. The number of likely N-dealkylation sites (tertiary alicyclic amines) is 1. The van der Waals surface area contributed by atoms with Crippen LogP contribution in [0.25, 0.3) is 4.96 Å². The molecule has 5 aromatic rings. The summed E-state index contributed by atoms with van der Waals surface area (Å²) in [6, 6.07) is 29.9. The summed E-state index contributed by atoms with van der Waals surface area (Å²) < 4.78 is 26.6. The molecule has 0 radical (unpaired) electrons. The molecule has 1 fully saturated rings. The van der Waals surface area contributed by atoms with Gasteiger partial charge in [-0.15, -0.1) is 11.3 Å². The highest BCUT2D eigenvalue weighted by Crippen LogP contribution is 2.36. The van der Waals surface area contributed by atoms with E-state index in [2.05, 4.69) is 132 Å². The first-order valence-corrected chi connectivity index (χ1v) is 21.5. The van der Waals surface area contributed by atoms with Crippen LogP contribution in [-0.4, -0.2) is 88.4 Å². The topological polar surface area (TPSA) is 86.6 Å². The molecule has 2 atom stereocenters. The van der Waals surface area contributed by atoms with E-state index in [1.807, 2.05) is 17.5 Å². The predicted molar refractivity (Wildman–Crippen MR) is 216 cm³/mol. The molecule has 9 nitrogen and oxygen atoms in total. The second-order valence-electron chi connectivity index (χ2n) is 14.3. The van der Waals surface area contributed by atoms with Crippen molar-refractivity contribution in [3.8, 4) is 5.75 Å². The van der Waals surface area contributed by atoms with Crippen LogP contribution in [0, 0.1) is 0 Å². The number of rotatable bonds is 16. The Balaban J connectivity index is 0.910. The lowest BCUT2D eigenvalue weighted by Crippen LogP contribution is -2.66. The number of thiazole rings is 1. The summed E-state index contributed by atoms with van der Waals surface area (Å²) >= 11 is 4.92. The molecule has 1 saturated heterocycles. The molecular formula is C40H49BrN4O5SSi. The monoisotopic (exact) mass is 804 g/mol. The Labute approximate surface area is 320 Å². The van der Waals surface area contributed by atoms with Crippen molar-refractivity contribution in [1.82, 2.24) is 14.3 Å².